The zero-order valence-corrected chi connectivity index (χ0v) is 50.3. The van der Waals surface area contributed by atoms with E-state index in [0.717, 1.165) is 114 Å². The van der Waals surface area contributed by atoms with Gasteiger partial charge in [-0.25, -0.2) is 17.6 Å². The average Bonchev–Trinajstić information content (AvgIpc) is 3.70. The summed E-state index contributed by atoms with van der Waals surface area (Å²) in [4.78, 5) is 56.4. The van der Waals surface area contributed by atoms with Crippen LogP contribution in [0.5, 0.6) is 0 Å². The number of carbonyl (C=O) groups is 2. The highest BCUT2D eigenvalue weighted by atomic mass is 35.5. The maximum Gasteiger partial charge on any atom is 0.295 e. The normalized spacial score (nSPS) is 14.0. The van der Waals surface area contributed by atoms with Crippen LogP contribution in [-0.2, 0) is 0 Å². The summed E-state index contributed by atoms with van der Waals surface area (Å²) >= 11 is 20.0. The molecular weight excluding hydrogens is 1200 g/mol. The Morgan fingerprint density at radius 2 is 0.940 bits per heavy atom. The number of nitrogens with one attached hydrogen (secondary N) is 2. The van der Waals surface area contributed by atoms with Crippen LogP contribution in [-0.4, -0.2) is 101 Å². The molecule has 4 fully saturated rings. The molecule has 2 aromatic heterocycles. The lowest BCUT2D eigenvalue weighted by Gasteiger charge is -2.30. The highest BCUT2D eigenvalue weighted by Gasteiger charge is 2.22. The Bertz CT molecular complexity index is 2870. The lowest BCUT2D eigenvalue weighted by atomic mass is 10.1. The average molecular weight is 1270 g/mol. The molecule has 4 aliphatic rings. The number of benzene rings is 4. The summed E-state index contributed by atoms with van der Waals surface area (Å²) in [5, 5.41) is 33.7. The van der Waals surface area contributed by atoms with E-state index in [0.29, 0.717) is 28.2 Å². The summed E-state index contributed by atoms with van der Waals surface area (Å²) in [7, 11) is 1.00. The van der Waals surface area contributed by atoms with Gasteiger partial charge < -0.3 is 36.2 Å². The number of piperidine rings is 4. The molecule has 4 aliphatic heterocycles. The highest BCUT2D eigenvalue weighted by Crippen LogP contribution is 2.32. The Hall–Kier alpha value is -6.59. The molecule has 26 heteroatoms. The maximum atomic E-state index is 13.6. The largest absolute Gasteiger partial charge is 0.400 e. The molecule has 5 N–H and O–H groups in total. The number of aliphatic hydroxyl groups excluding tert-OH is 1. The van der Waals surface area contributed by atoms with Crippen molar-refractivity contribution >= 4 is 110 Å². The molecule has 1 amide bonds. The van der Waals surface area contributed by atoms with E-state index in [-0.39, 0.29) is 46.0 Å². The number of hydrogen-bond acceptors (Lipinski definition) is 14. The van der Waals surface area contributed by atoms with E-state index in [9.17, 15) is 47.4 Å². The maximum absolute atomic E-state index is 13.6. The molecule has 4 aromatic carbocycles. The van der Waals surface area contributed by atoms with Gasteiger partial charge in [0.15, 0.2) is 0 Å². The number of aliphatic hydroxyl groups is 1. The summed E-state index contributed by atoms with van der Waals surface area (Å²) in [6, 6.07) is 22.3. The molecule has 0 radical (unpaired) electrons. The molecule has 458 valence electrons. The van der Waals surface area contributed by atoms with Crippen LogP contribution in [0.3, 0.4) is 0 Å². The Morgan fingerprint density at radius 3 is 1.33 bits per heavy atom. The van der Waals surface area contributed by atoms with Gasteiger partial charge in [-0.2, -0.15) is 0 Å². The van der Waals surface area contributed by atoms with Crippen LogP contribution in [0, 0.1) is 43.5 Å². The Balaban J connectivity index is 0.000000350. The summed E-state index contributed by atoms with van der Waals surface area (Å²) < 4.78 is 51.7. The van der Waals surface area contributed by atoms with Crippen molar-refractivity contribution in [1.82, 2.24) is 15.3 Å². The fourth-order valence-electron chi connectivity index (χ4n) is 8.62. The van der Waals surface area contributed by atoms with Crippen molar-refractivity contribution in [2.24, 2.45) is 0 Å². The van der Waals surface area contributed by atoms with Crippen LogP contribution >= 0.6 is 58.8 Å². The fraction of sp³-hybridized carbons (Fsp3) is 0.379. The lowest BCUT2D eigenvalue weighted by molar-refractivity contribution is -0.384. The number of nitro groups is 2. The molecule has 0 unspecified atom stereocenters. The Morgan fingerprint density at radius 1 is 0.571 bits per heavy atom. The van der Waals surface area contributed by atoms with Crippen molar-refractivity contribution in [3.05, 3.63) is 181 Å². The summed E-state index contributed by atoms with van der Waals surface area (Å²) in [6.45, 7) is 8.07. The number of carbonyl (C=O) groups excluding carboxylic acids is 2. The van der Waals surface area contributed by atoms with Crippen LogP contribution in [0.4, 0.5) is 57.4 Å². The van der Waals surface area contributed by atoms with Crippen LogP contribution < -0.4 is 31.1 Å². The first-order valence-corrected chi connectivity index (χ1v) is 28.6. The number of nitrogens with two attached hydrogens (primary N) is 1. The number of alkyl halides is 2. The first-order chi connectivity index (χ1) is 40.0. The van der Waals surface area contributed by atoms with Gasteiger partial charge in [0.1, 0.15) is 34.0 Å². The van der Waals surface area contributed by atoms with E-state index in [1.54, 1.807) is 48.8 Å². The number of amides is 1. The van der Waals surface area contributed by atoms with Crippen molar-refractivity contribution in [1.29, 1.82) is 0 Å². The number of nitrogens with zero attached hydrogens (tertiary/aromatic N) is 7. The molecular formula is C58H71Cl5F4N10O7. The monoisotopic (exact) mass is 1270 g/mol. The van der Waals surface area contributed by atoms with Gasteiger partial charge in [0.2, 0.25) is 0 Å². The number of rotatable bonds is 8. The second-order valence-electron chi connectivity index (χ2n) is 18.4. The van der Waals surface area contributed by atoms with Crippen LogP contribution in [0.15, 0.2) is 122 Å². The summed E-state index contributed by atoms with van der Waals surface area (Å²) in [5.74, 6) is -2.10. The first kappa shape index (κ1) is 73.5. The molecule has 6 aromatic rings. The molecule has 10 rings (SSSR count). The number of anilines is 5. The highest BCUT2D eigenvalue weighted by molar-refractivity contribution is 6.67. The molecule has 0 saturated carbocycles. The van der Waals surface area contributed by atoms with E-state index in [1.165, 1.54) is 107 Å². The van der Waals surface area contributed by atoms with Gasteiger partial charge in [-0.1, -0.05) is 18.0 Å². The standard InChI is InChI=1S/C17H18FN3O.C11H13FN2O2.C11H15FN2.C6H3ClFNO2.C6H4ClNO.C5H11N.CH2Cl2.CH4O.ClH/c18-14-4-5-16(21-10-2-1-3-11-21)15(12-14)20-17(22)13-6-8-19-9-7-13;12-9-4-5-10(11(8-9)14(15)16)13-6-2-1-3-7-13;12-9-4-5-11(10(13)8-9)14-6-2-1-3-7-14;7-5-2-1-4(8)3-6(5)9(10)11;7-6(9)5-1-3-8-4-2-5;1-2-4-6-5-3-1;2-1-3;1-2;/h4-9,12H,1-3,10-11H2,(H,20,22);4-5,8H,1-3,6-7H2;4-5,8H,1-3,6-7,13H2;1-3H;1-4H;6H,1-5H2;1H2;2H,1H3;1H. The minimum atomic E-state index is -0.731. The van der Waals surface area contributed by atoms with Crippen LogP contribution in [0.1, 0.15) is 97.8 Å². The molecule has 0 bridgehead atoms. The SMILES string of the molecule is C1CCNCC1.CO.Cl.ClCCl.Nc1cc(F)ccc1N1CCCCC1.O=C(Cl)c1ccncc1.O=C(Nc1cc(F)ccc1N1CCCCC1)c1ccncc1.O=[N+]([O-])c1cc(F)ccc1Cl.O=[N+]([O-])c1cc(F)ccc1N1CCCCC1. The molecule has 84 heavy (non-hydrogen) atoms. The minimum absolute atomic E-state index is 0. The van der Waals surface area contributed by atoms with Gasteiger partial charge in [-0.3, -0.25) is 39.8 Å². The topological polar surface area (TPSA) is 226 Å². The zero-order chi connectivity index (χ0) is 60.9. The van der Waals surface area contributed by atoms with Gasteiger partial charge in [0.25, 0.3) is 22.5 Å². The van der Waals surface area contributed by atoms with E-state index in [2.05, 4.69) is 30.4 Å². The third-order valence-corrected chi connectivity index (χ3v) is 13.1. The van der Waals surface area contributed by atoms with Crippen molar-refractivity contribution in [2.75, 3.05) is 90.6 Å². The minimum Gasteiger partial charge on any atom is -0.400 e. The number of pyridine rings is 2. The summed E-state index contributed by atoms with van der Waals surface area (Å²) in [5.41, 5.74) is 9.66. The molecule has 17 nitrogen and oxygen atoms in total. The van der Waals surface area contributed by atoms with E-state index in [4.69, 9.17) is 57.2 Å². The van der Waals surface area contributed by atoms with Crippen molar-refractivity contribution in [3.63, 3.8) is 0 Å². The lowest BCUT2D eigenvalue weighted by Crippen LogP contribution is -2.30. The molecule has 0 spiro atoms. The van der Waals surface area contributed by atoms with E-state index >= 15 is 0 Å². The molecule has 0 aliphatic carbocycles. The van der Waals surface area contributed by atoms with Gasteiger partial charge >= 0.3 is 0 Å². The quantitative estimate of drug-likeness (QED) is 0.0278. The second-order valence-corrected chi connectivity index (χ2v) is 19.9. The Kier molecular flexibility index (Phi) is 37.0. The van der Waals surface area contributed by atoms with Crippen LogP contribution in [0.2, 0.25) is 5.02 Å². The predicted molar refractivity (Wildman–Crippen MR) is 332 cm³/mol. The van der Waals surface area contributed by atoms with Crippen molar-refractivity contribution < 1.29 is 42.1 Å². The van der Waals surface area contributed by atoms with E-state index < -0.39 is 32.4 Å². The number of nitro benzene ring substituents is 2. The van der Waals surface area contributed by atoms with Crippen LogP contribution in [0.25, 0.3) is 0 Å². The van der Waals surface area contributed by atoms with E-state index in [1.807, 2.05) is 4.90 Å². The number of hydrogen-bond donors (Lipinski definition) is 4. The molecule has 6 heterocycles. The summed E-state index contributed by atoms with van der Waals surface area (Å²) in [6.07, 6.45) is 20.8. The van der Waals surface area contributed by atoms with Gasteiger partial charge in [0, 0.05) is 82.3 Å². The Labute approximate surface area is 513 Å². The fourth-order valence-corrected chi connectivity index (χ4v) is 8.93. The third-order valence-electron chi connectivity index (χ3n) is 12.6. The molecule has 0 atom stereocenters. The van der Waals surface area contributed by atoms with Gasteiger partial charge in [-0.15, -0.1) is 35.6 Å². The second kappa shape index (κ2) is 42.3. The predicted octanol–water partition coefficient (Wildman–Crippen LogP) is 14.6. The number of nitrogen functional groups attached to an aromatic ring is 1. The first-order valence-electron chi connectivity index (χ1n) is 26.7. The zero-order valence-electron chi connectivity index (χ0n) is 46.4. The number of halogens is 9. The number of aromatic nitrogens is 2. The van der Waals surface area contributed by atoms with Gasteiger partial charge in [-0.05, 0) is 180 Å². The molecule has 4 saturated heterocycles. The van der Waals surface area contributed by atoms with Crippen molar-refractivity contribution in [2.45, 2.75) is 77.0 Å². The third kappa shape index (κ3) is 27.4. The van der Waals surface area contributed by atoms with Crippen molar-refractivity contribution in [3.8, 4) is 0 Å². The van der Waals surface area contributed by atoms with Gasteiger partial charge in [0.05, 0.1) is 50.1 Å². The smallest absolute Gasteiger partial charge is 0.295 e.